The lowest BCUT2D eigenvalue weighted by molar-refractivity contribution is -0.142. The number of likely N-dealkylation sites (tertiary alicyclic amines) is 1. The maximum Gasteiger partial charge on any atom is 0.328 e. The Morgan fingerprint density at radius 2 is 2.23 bits per heavy atom. The number of hydrogen-bond acceptors (Lipinski definition) is 5. The molecule has 1 fully saturated rings. The maximum atomic E-state index is 12.1. The van der Waals surface area contributed by atoms with E-state index in [1.165, 1.54) is 7.11 Å². The van der Waals surface area contributed by atoms with E-state index in [1.54, 1.807) is 17.8 Å². The van der Waals surface area contributed by atoms with Crippen molar-refractivity contribution in [3.63, 3.8) is 0 Å². The summed E-state index contributed by atoms with van der Waals surface area (Å²) < 4.78 is 6.81. The first-order chi connectivity index (χ1) is 12.5. The number of fused-ring (bicyclic) bond motifs is 4. The van der Waals surface area contributed by atoms with Crippen LogP contribution in [0.15, 0.2) is 23.0 Å². The van der Waals surface area contributed by atoms with Crippen molar-refractivity contribution in [3.05, 3.63) is 34.2 Å². The van der Waals surface area contributed by atoms with E-state index in [-0.39, 0.29) is 11.5 Å². The number of esters is 1. The minimum atomic E-state index is -0.420. The number of rotatable bonds is 5. The molecule has 3 rings (SSSR count). The van der Waals surface area contributed by atoms with Crippen molar-refractivity contribution in [2.75, 3.05) is 32.2 Å². The van der Waals surface area contributed by atoms with Crippen LogP contribution >= 0.6 is 24.0 Å². The molecule has 0 aromatic carbocycles. The number of carbonyl (C=O) groups is 1. The number of pyridine rings is 1. The molecule has 3 atom stereocenters. The van der Waals surface area contributed by atoms with E-state index in [4.69, 9.17) is 17.0 Å². The van der Waals surface area contributed by atoms with Gasteiger partial charge in [-0.1, -0.05) is 6.07 Å². The van der Waals surface area contributed by atoms with Gasteiger partial charge in [-0.3, -0.25) is 4.79 Å². The lowest BCUT2D eigenvalue weighted by atomic mass is 9.83. The Kier molecular flexibility index (Phi) is 6.24. The Balaban J connectivity index is 1.70. The highest BCUT2D eigenvalue weighted by Gasteiger charge is 2.36. The summed E-state index contributed by atoms with van der Waals surface area (Å²) in [6.07, 6.45) is 3.76. The van der Waals surface area contributed by atoms with Crippen molar-refractivity contribution in [2.45, 2.75) is 31.3 Å². The molecule has 142 valence electrons. The van der Waals surface area contributed by atoms with Crippen LogP contribution in [-0.2, 0) is 16.1 Å². The van der Waals surface area contributed by atoms with Crippen molar-refractivity contribution in [1.29, 1.82) is 0 Å². The third-order valence-electron chi connectivity index (χ3n) is 5.16. The molecule has 3 heterocycles. The zero-order valence-electron chi connectivity index (χ0n) is 15.1. The first-order valence-electron chi connectivity index (χ1n) is 8.85. The highest BCUT2D eigenvalue weighted by molar-refractivity contribution is 7.98. The van der Waals surface area contributed by atoms with Gasteiger partial charge >= 0.3 is 5.97 Å². The summed E-state index contributed by atoms with van der Waals surface area (Å²) in [4.78, 5) is 26.3. The third-order valence-corrected chi connectivity index (χ3v) is 6.18. The van der Waals surface area contributed by atoms with Gasteiger partial charge in [-0.2, -0.15) is 11.8 Å². The SMILES string of the molecule is COC(=O)[C@H](CCSC)NC(=S)N1C[C@@H]2C[C@H](C1)c1cccc(=O)n1C2. The van der Waals surface area contributed by atoms with Crippen molar-refractivity contribution >= 4 is 35.1 Å². The van der Waals surface area contributed by atoms with E-state index < -0.39 is 6.04 Å². The zero-order chi connectivity index (χ0) is 18.7. The molecule has 2 aliphatic rings. The van der Waals surface area contributed by atoms with Crippen molar-refractivity contribution in [1.82, 2.24) is 14.8 Å². The predicted octanol–water partition coefficient (Wildman–Crippen LogP) is 1.44. The molecule has 0 unspecified atom stereocenters. The van der Waals surface area contributed by atoms with E-state index in [0.29, 0.717) is 23.4 Å². The number of methoxy groups -OCH3 is 1. The van der Waals surface area contributed by atoms with E-state index >= 15 is 0 Å². The van der Waals surface area contributed by atoms with Gasteiger partial charge in [0.25, 0.3) is 5.56 Å². The number of carbonyl (C=O) groups excluding carboxylic acids is 1. The number of nitrogens with one attached hydrogen (secondary N) is 1. The number of hydrogen-bond donors (Lipinski definition) is 1. The second kappa shape index (κ2) is 8.43. The Labute approximate surface area is 163 Å². The number of piperidine rings is 1. The molecule has 0 aliphatic carbocycles. The topological polar surface area (TPSA) is 63.6 Å². The van der Waals surface area contributed by atoms with Crippen molar-refractivity contribution in [3.8, 4) is 0 Å². The molecule has 1 saturated heterocycles. The van der Waals surface area contributed by atoms with Gasteiger partial charge in [0, 0.05) is 37.3 Å². The van der Waals surface area contributed by atoms with Gasteiger partial charge in [0.1, 0.15) is 6.04 Å². The molecule has 2 aliphatic heterocycles. The van der Waals surface area contributed by atoms with Gasteiger partial charge in [0.2, 0.25) is 0 Å². The second-order valence-electron chi connectivity index (χ2n) is 6.91. The Bertz CT molecular complexity index is 737. The van der Waals surface area contributed by atoms with Gasteiger partial charge in [-0.15, -0.1) is 0 Å². The number of thiocarbonyl (C=S) groups is 1. The summed E-state index contributed by atoms with van der Waals surface area (Å²) in [6, 6.07) is 5.08. The first-order valence-corrected chi connectivity index (χ1v) is 10.7. The molecular formula is C18H25N3O3S2. The molecule has 8 heteroatoms. The number of thioether (sulfide) groups is 1. The fourth-order valence-corrected chi connectivity index (χ4v) is 4.69. The molecule has 0 spiro atoms. The van der Waals surface area contributed by atoms with Crippen LogP contribution in [-0.4, -0.2) is 58.8 Å². The molecule has 0 amide bonds. The summed E-state index contributed by atoms with van der Waals surface area (Å²) in [7, 11) is 1.40. The highest BCUT2D eigenvalue weighted by Crippen LogP contribution is 2.34. The van der Waals surface area contributed by atoms with Crippen LogP contribution in [0.3, 0.4) is 0 Å². The van der Waals surface area contributed by atoms with Crippen LogP contribution < -0.4 is 10.9 Å². The molecule has 2 bridgehead atoms. The van der Waals surface area contributed by atoms with E-state index in [1.807, 2.05) is 23.0 Å². The lowest BCUT2D eigenvalue weighted by Crippen LogP contribution is -2.54. The molecule has 1 aromatic rings. The van der Waals surface area contributed by atoms with E-state index in [9.17, 15) is 9.59 Å². The highest BCUT2D eigenvalue weighted by atomic mass is 32.2. The quantitative estimate of drug-likeness (QED) is 0.598. The van der Waals surface area contributed by atoms with E-state index in [2.05, 4.69) is 10.2 Å². The maximum absolute atomic E-state index is 12.1. The van der Waals surface area contributed by atoms with Crippen LogP contribution in [0.2, 0.25) is 0 Å². The normalized spacial score (nSPS) is 22.3. The minimum absolute atomic E-state index is 0.0779. The van der Waals surface area contributed by atoms with Gasteiger partial charge in [-0.25, -0.2) is 4.79 Å². The molecule has 0 radical (unpaired) electrons. The van der Waals surface area contributed by atoms with E-state index in [0.717, 1.165) is 37.5 Å². The number of ether oxygens (including phenoxy) is 1. The fraction of sp³-hybridized carbons (Fsp3) is 0.611. The molecule has 6 nitrogen and oxygen atoms in total. The van der Waals surface area contributed by atoms with Crippen LogP contribution in [0.1, 0.15) is 24.5 Å². The average molecular weight is 396 g/mol. The Morgan fingerprint density at radius 3 is 2.96 bits per heavy atom. The summed E-state index contributed by atoms with van der Waals surface area (Å²) in [5, 5.41) is 3.80. The van der Waals surface area contributed by atoms with Crippen LogP contribution in [0, 0.1) is 5.92 Å². The Morgan fingerprint density at radius 1 is 1.42 bits per heavy atom. The fourth-order valence-electron chi connectivity index (χ4n) is 3.93. The van der Waals surface area contributed by atoms with Crippen LogP contribution in [0.25, 0.3) is 0 Å². The van der Waals surface area contributed by atoms with Crippen molar-refractivity contribution in [2.24, 2.45) is 5.92 Å². The van der Waals surface area contributed by atoms with Crippen LogP contribution in [0.4, 0.5) is 0 Å². The van der Waals surface area contributed by atoms with Gasteiger partial charge in [-0.05, 0) is 49.1 Å². The molecule has 1 aromatic heterocycles. The van der Waals surface area contributed by atoms with Gasteiger partial charge in [0.05, 0.1) is 7.11 Å². The van der Waals surface area contributed by atoms with Gasteiger partial charge in [0.15, 0.2) is 5.11 Å². The standard InChI is InChI=1S/C18H25N3O3S2/c1-24-17(23)14(6-7-26-2)19-18(25)20-9-12-8-13(11-20)15-4-3-5-16(22)21(15)10-12/h3-5,12-14H,6-11H2,1-2H3,(H,19,25)/t12-,13+,14-/m0/s1. The monoisotopic (exact) mass is 395 g/mol. The zero-order valence-corrected chi connectivity index (χ0v) is 16.8. The minimum Gasteiger partial charge on any atom is -0.467 e. The van der Waals surface area contributed by atoms with Gasteiger partial charge < -0.3 is 19.5 Å². The summed E-state index contributed by atoms with van der Waals surface area (Å²) in [5.74, 6) is 1.26. The third kappa shape index (κ3) is 4.06. The molecule has 1 N–H and O–H groups in total. The largest absolute Gasteiger partial charge is 0.467 e. The summed E-state index contributed by atoms with van der Waals surface area (Å²) >= 11 is 7.29. The summed E-state index contributed by atoms with van der Waals surface area (Å²) in [6.45, 7) is 2.30. The number of aromatic nitrogens is 1. The Hall–Kier alpha value is -1.54. The lowest BCUT2D eigenvalue weighted by Gasteiger charge is -2.44. The van der Waals surface area contributed by atoms with Crippen molar-refractivity contribution < 1.29 is 9.53 Å². The average Bonchev–Trinajstić information content (AvgIpc) is 2.65. The first kappa shape index (κ1) is 19.2. The molecular weight excluding hydrogens is 370 g/mol. The molecule has 26 heavy (non-hydrogen) atoms. The number of nitrogens with zero attached hydrogens (tertiary/aromatic N) is 2. The summed E-state index contributed by atoms with van der Waals surface area (Å²) in [5.41, 5.74) is 1.17. The predicted molar refractivity (Wildman–Crippen MR) is 108 cm³/mol. The second-order valence-corrected chi connectivity index (χ2v) is 8.28. The molecule has 0 saturated carbocycles. The smallest absolute Gasteiger partial charge is 0.328 e. The van der Waals surface area contributed by atoms with Crippen LogP contribution in [0.5, 0.6) is 0 Å².